The molecule has 0 bridgehead atoms. The van der Waals surface area contributed by atoms with Gasteiger partial charge in [-0.15, -0.1) is 0 Å². The summed E-state index contributed by atoms with van der Waals surface area (Å²) in [4.78, 5) is 0. The van der Waals surface area contributed by atoms with Crippen LogP contribution in [0.15, 0.2) is 12.1 Å². The van der Waals surface area contributed by atoms with Crippen molar-refractivity contribution in [3.63, 3.8) is 0 Å². The van der Waals surface area contributed by atoms with Gasteiger partial charge in [0, 0.05) is 19.3 Å². The van der Waals surface area contributed by atoms with Crippen LogP contribution in [0.3, 0.4) is 0 Å². The van der Waals surface area contributed by atoms with E-state index >= 15 is 0 Å². The molecule has 0 radical (unpaired) electrons. The van der Waals surface area contributed by atoms with Crippen LogP contribution in [0.25, 0.3) is 0 Å². The van der Waals surface area contributed by atoms with Crippen molar-refractivity contribution in [3.8, 4) is 0 Å². The quantitative estimate of drug-likeness (QED) is 0.527. The monoisotopic (exact) mass is 273 g/mol. The predicted octanol–water partition coefficient (Wildman–Crippen LogP) is 0.778. The maximum atomic E-state index is 11.7. The van der Waals surface area contributed by atoms with Crippen LogP contribution in [0.2, 0.25) is 0 Å². The van der Waals surface area contributed by atoms with Crippen molar-refractivity contribution in [3.05, 3.63) is 23.3 Å². The van der Waals surface area contributed by atoms with E-state index in [-0.39, 0.29) is 6.54 Å². The Balaban J connectivity index is 2.81. The minimum Gasteiger partial charge on any atom is -0.398 e. The van der Waals surface area contributed by atoms with Crippen molar-refractivity contribution >= 4 is 21.6 Å². The molecule has 1 aromatic rings. The lowest BCUT2D eigenvalue weighted by molar-refractivity contribution is 0.204. The van der Waals surface area contributed by atoms with Crippen molar-refractivity contribution in [2.24, 2.45) is 0 Å². The smallest absolute Gasteiger partial charge is 0.299 e. The highest BCUT2D eigenvalue weighted by atomic mass is 32.2. The fraction of sp³-hybridized carbons (Fsp3) is 0.455. The highest BCUT2D eigenvalue weighted by Gasteiger charge is 2.11. The lowest BCUT2D eigenvalue weighted by Gasteiger charge is -2.13. The molecule has 6 nitrogen and oxygen atoms in total. The average Bonchev–Trinajstić information content (AvgIpc) is 2.26. The Morgan fingerprint density at radius 3 is 2.56 bits per heavy atom. The fourth-order valence-electron chi connectivity index (χ4n) is 1.44. The number of ether oxygens (including phenoxy) is 1. The van der Waals surface area contributed by atoms with Gasteiger partial charge >= 0.3 is 0 Å². The lowest BCUT2D eigenvalue weighted by Crippen LogP contribution is -2.32. The molecule has 0 atom stereocenters. The summed E-state index contributed by atoms with van der Waals surface area (Å²) >= 11 is 0. The minimum absolute atomic E-state index is 0.215. The van der Waals surface area contributed by atoms with Crippen LogP contribution in [0.1, 0.15) is 11.1 Å². The van der Waals surface area contributed by atoms with Gasteiger partial charge in [-0.2, -0.15) is 13.1 Å². The second-order valence-corrected chi connectivity index (χ2v) is 5.52. The molecular weight excluding hydrogens is 254 g/mol. The molecule has 0 aromatic heterocycles. The molecule has 0 amide bonds. The first-order valence-corrected chi connectivity index (χ1v) is 6.97. The van der Waals surface area contributed by atoms with Gasteiger partial charge in [0.25, 0.3) is 10.2 Å². The van der Waals surface area contributed by atoms with Crippen molar-refractivity contribution in [2.45, 2.75) is 13.8 Å². The molecule has 0 aliphatic carbocycles. The van der Waals surface area contributed by atoms with E-state index in [9.17, 15) is 8.42 Å². The molecule has 102 valence electrons. The summed E-state index contributed by atoms with van der Waals surface area (Å²) in [6.45, 7) is 4.22. The summed E-state index contributed by atoms with van der Waals surface area (Å²) in [5, 5.41) is 0. The number of nitrogen functional groups attached to an aromatic ring is 1. The van der Waals surface area contributed by atoms with E-state index in [4.69, 9.17) is 10.5 Å². The van der Waals surface area contributed by atoms with Crippen molar-refractivity contribution in [1.82, 2.24) is 4.72 Å². The first-order valence-electron chi connectivity index (χ1n) is 5.49. The number of hydrogen-bond acceptors (Lipinski definition) is 4. The van der Waals surface area contributed by atoms with Gasteiger partial charge in [-0.1, -0.05) is 6.07 Å². The van der Waals surface area contributed by atoms with E-state index in [0.29, 0.717) is 18.0 Å². The van der Waals surface area contributed by atoms with E-state index < -0.39 is 10.2 Å². The normalized spacial score (nSPS) is 11.5. The predicted molar refractivity (Wildman–Crippen MR) is 72.7 cm³/mol. The second kappa shape index (κ2) is 6.03. The Morgan fingerprint density at radius 2 is 1.94 bits per heavy atom. The molecular formula is C11H19N3O3S. The molecule has 0 aliphatic rings. The first-order chi connectivity index (χ1) is 8.35. The Hall–Kier alpha value is -1.31. The number of aryl methyl sites for hydroxylation is 2. The van der Waals surface area contributed by atoms with E-state index in [0.717, 1.165) is 11.1 Å². The Bertz CT molecular complexity index is 515. The molecule has 4 N–H and O–H groups in total. The third-order valence-corrected chi connectivity index (χ3v) is 3.53. The van der Waals surface area contributed by atoms with Crippen LogP contribution >= 0.6 is 0 Å². The Labute approximate surface area is 108 Å². The third kappa shape index (κ3) is 4.17. The molecule has 0 saturated heterocycles. The summed E-state index contributed by atoms with van der Waals surface area (Å²) in [7, 11) is -2.09. The van der Waals surface area contributed by atoms with Crippen LogP contribution in [-0.2, 0) is 14.9 Å². The molecule has 18 heavy (non-hydrogen) atoms. The number of hydrogen-bond donors (Lipinski definition) is 3. The highest BCUT2D eigenvalue weighted by molar-refractivity contribution is 7.90. The zero-order valence-corrected chi connectivity index (χ0v) is 11.6. The second-order valence-electron chi connectivity index (χ2n) is 4.02. The maximum absolute atomic E-state index is 11.7. The lowest BCUT2D eigenvalue weighted by atomic mass is 10.1. The maximum Gasteiger partial charge on any atom is 0.299 e. The minimum atomic E-state index is -3.59. The van der Waals surface area contributed by atoms with Crippen LogP contribution < -0.4 is 15.2 Å². The van der Waals surface area contributed by atoms with Gasteiger partial charge in [-0.25, -0.2) is 0 Å². The van der Waals surface area contributed by atoms with Gasteiger partial charge in [0.05, 0.1) is 12.3 Å². The zero-order valence-electron chi connectivity index (χ0n) is 10.8. The van der Waals surface area contributed by atoms with Gasteiger partial charge < -0.3 is 10.5 Å². The zero-order chi connectivity index (χ0) is 13.8. The standard InChI is InChI=1S/C11H19N3O3S/c1-8-6-9(2)11(7-10(8)12)14-18(15,16)13-4-5-17-3/h6-7,13-14H,4-5,12H2,1-3H3. The van der Waals surface area contributed by atoms with Gasteiger partial charge in [0.2, 0.25) is 0 Å². The first kappa shape index (κ1) is 14.7. The Morgan fingerprint density at radius 1 is 1.28 bits per heavy atom. The summed E-state index contributed by atoms with van der Waals surface area (Å²) in [6, 6.07) is 3.45. The topological polar surface area (TPSA) is 93.4 Å². The van der Waals surface area contributed by atoms with Crippen LogP contribution in [-0.4, -0.2) is 28.7 Å². The molecule has 0 aliphatic heterocycles. The molecule has 7 heteroatoms. The van der Waals surface area contributed by atoms with Crippen LogP contribution in [0, 0.1) is 13.8 Å². The Kier molecular flexibility index (Phi) is 4.94. The van der Waals surface area contributed by atoms with Gasteiger partial charge in [-0.3, -0.25) is 4.72 Å². The van der Waals surface area contributed by atoms with Gasteiger partial charge in [0.1, 0.15) is 0 Å². The van der Waals surface area contributed by atoms with E-state index in [1.807, 2.05) is 19.9 Å². The van der Waals surface area contributed by atoms with Crippen molar-refractivity contribution in [2.75, 3.05) is 30.7 Å². The molecule has 0 heterocycles. The summed E-state index contributed by atoms with van der Waals surface area (Å²) < 4.78 is 33.0. The SMILES string of the molecule is COCCNS(=O)(=O)Nc1cc(N)c(C)cc1C. The fourth-order valence-corrected chi connectivity index (χ4v) is 2.37. The summed E-state index contributed by atoms with van der Waals surface area (Å²) in [5.41, 5.74) is 8.52. The molecule has 0 fully saturated rings. The number of nitrogens with one attached hydrogen (secondary N) is 2. The molecule has 1 rings (SSSR count). The number of rotatable bonds is 6. The number of benzene rings is 1. The van der Waals surface area contributed by atoms with Crippen molar-refractivity contribution in [1.29, 1.82) is 0 Å². The molecule has 0 saturated carbocycles. The van der Waals surface area contributed by atoms with Crippen molar-refractivity contribution < 1.29 is 13.2 Å². The molecule has 0 spiro atoms. The number of methoxy groups -OCH3 is 1. The van der Waals surface area contributed by atoms with E-state index in [2.05, 4.69) is 9.44 Å². The largest absolute Gasteiger partial charge is 0.398 e. The summed E-state index contributed by atoms with van der Waals surface area (Å²) in [6.07, 6.45) is 0. The molecule has 0 unspecified atom stereocenters. The number of nitrogens with two attached hydrogens (primary N) is 1. The number of anilines is 2. The van der Waals surface area contributed by atoms with Crippen LogP contribution in [0.5, 0.6) is 0 Å². The van der Waals surface area contributed by atoms with Gasteiger partial charge in [0.15, 0.2) is 0 Å². The van der Waals surface area contributed by atoms with Gasteiger partial charge in [-0.05, 0) is 31.0 Å². The van der Waals surface area contributed by atoms with E-state index in [1.54, 1.807) is 6.07 Å². The van der Waals surface area contributed by atoms with E-state index in [1.165, 1.54) is 7.11 Å². The molecule has 1 aromatic carbocycles. The third-order valence-electron chi connectivity index (χ3n) is 2.46. The average molecular weight is 273 g/mol. The van der Waals surface area contributed by atoms with Crippen LogP contribution in [0.4, 0.5) is 11.4 Å². The summed E-state index contributed by atoms with van der Waals surface area (Å²) in [5.74, 6) is 0. The highest BCUT2D eigenvalue weighted by Crippen LogP contribution is 2.22.